The maximum atomic E-state index is 4.58. The molecule has 0 aliphatic carbocycles. The van der Waals surface area contributed by atoms with Gasteiger partial charge >= 0.3 is 0 Å². The van der Waals surface area contributed by atoms with E-state index in [2.05, 4.69) is 45.7 Å². The van der Waals surface area contributed by atoms with Crippen molar-refractivity contribution in [2.75, 3.05) is 0 Å². The standard InChI is InChI=1S/C16H18N4/c1-11(2)9-20-10-17-19-16(20)14-8-12(3)18-15-7-5-4-6-13(14)15/h4-8,10-11H,9H2,1-3H3. The molecule has 102 valence electrons. The Hall–Kier alpha value is -2.23. The normalized spacial score (nSPS) is 11.4. The van der Waals surface area contributed by atoms with Crippen molar-refractivity contribution in [1.82, 2.24) is 19.7 Å². The summed E-state index contributed by atoms with van der Waals surface area (Å²) in [6.45, 7) is 7.32. The molecule has 20 heavy (non-hydrogen) atoms. The topological polar surface area (TPSA) is 43.6 Å². The average Bonchev–Trinajstić information content (AvgIpc) is 2.84. The van der Waals surface area contributed by atoms with Crippen LogP contribution >= 0.6 is 0 Å². The third-order valence-corrected chi connectivity index (χ3v) is 3.26. The third kappa shape index (κ3) is 2.29. The zero-order valence-corrected chi connectivity index (χ0v) is 12.0. The molecule has 0 radical (unpaired) electrons. The molecule has 2 aromatic heterocycles. The van der Waals surface area contributed by atoms with E-state index < -0.39 is 0 Å². The van der Waals surface area contributed by atoms with Crippen molar-refractivity contribution in [3.05, 3.63) is 42.4 Å². The molecule has 3 aromatic rings. The van der Waals surface area contributed by atoms with Crippen LogP contribution in [0.15, 0.2) is 36.7 Å². The highest BCUT2D eigenvalue weighted by Crippen LogP contribution is 2.27. The van der Waals surface area contributed by atoms with Crippen molar-refractivity contribution in [1.29, 1.82) is 0 Å². The molecule has 0 atom stereocenters. The Morgan fingerprint density at radius 1 is 1.20 bits per heavy atom. The quantitative estimate of drug-likeness (QED) is 0.729. The number of nitrogens with zero attached hydrogens (tertiary/aromatic N) is 4. The molecule has 0 aliphatic heterocycles. The van der Waals surface area contributed by atoms with Crippen LogP contribution in [0.3, 0.4) is 0 Å². The molecule has 1 aromatic carbocycles. The molecule has 2 heterocycles. The number of rotatable bonds is 3. The number of pyridine rings is 1. The first kappa shape index (κ1) is 12.8. The summed E-state index contributed by atoms with van der Waals surface area (Å²) in [5.74, 6) is 1.47. The van der Waals surface area contributed by atoms with Gasteiger partial charge in [0.25, 0.3) is 0 Å². The Morgan fingerprint density at radius 2 is 2.00 bits per heavy atom. The fourth-order valence-electron chi connectivity index (χ4n) is 2.48. The Bertz CT molecular complexity index is 743. The van der Waals surface area contributed by atoms with Gasteiger partial charge in [-0.15, -0.1) is 10.2 Å². The van der Waals surface area contributed by atoms with Gasteiger partial charge in [0.1, 0.15) is 6.33 Å². The second-order valence-electron chi connectivity index (χ2n) is 5.53. The Morgan fingerprint density at radius 3 is 2.80 bits per heavy atom. The van der Waals surface area contributed by atoms with E-state index in [0.29, 0.717) is 5.92 Å². The largest absolute Gasteiger partial charge is 0.313 e. The smallest absolute Gasteiger partial charge is 0.164 e. The second kappa shape index (κ2) is 5.04. The van der Waals surface area contributed by atoms with E-state index in [9.17, 15) is 0 Å². The van der Waals surface area contributed by atoms with Crippen molar-refractivity contribution in [3.63, 3.8) is 0 Å². The fraction of sp³-hybridized carbons (Fsp3) is 0.312. The molecule has 0 spiro atoms. The van der Waals surface area contributed by atoms with Gasteiger partial charge in [0.2, 0.25) is 0 Å². The van der Waals surface area contributed by atoms with Crippen LogP contribution in [-0.2, 0) is 6.54 Å². The second-order valence-corrected chi connectivity index (χ2v) is 5.53. The van der Waals surface area contributed by atoms with Crippen LogP contribution in [0.1, 0.15) is 19.5 Å². The minimum atomic E-state index is 0.555. The molecule has 4 heteroatoms. The first-order valence-corrected chi connectivity index (χ1v) is 6.89. The number of hydrogen-bond donors (Lipinski definition) is 0. The van der Waals surface area contributed by atoms with Gasteiger partial charge in [-0.3, -0.25) is 4.98 Å². The lowest BCUT2D eigenvalue weighted by Crippen LogP contribution is -2.05. The zero-order chi connectivity index (χ0) is 14.1. The van der Waals surface area contributed by atoms with E-state index in [4.69, 9.17) is 0 Å². The zero-order valence-electron chi connectivity index (χ0n) is 12.0. The minimum absolute atomic E-state index is 0.555. The van der Waals surface area contributed by atoms with Crippen LogP contribution in [0.4, 0.5) is 0 Å². The van der Waals surface area contributed by atoms with Gasteiger partial charge in [0, 0.05) is 23.2 Å². The molecule has 0 unspecified atom stereocenters. The predicted molar refractivity (Wildman–Crippen MR) is 80.3 cm³/mol. The van der Waals surface area contributed by atoms with E-state index in [1.54, 1.807) is 6.33 Å². The maximum Gasteiger partial charge on any atom is 0.164 e. The molecule has 0 aliphatic rings. The van der Waals surface area contributed by atoms with Gasteiger partial charge in [0.05, 0.1) is 5.52 Å². The lowest BCUT2D eigenvalue weighted by Gasteiger charge is -2.11. The highest BCUT2D eigenvalue weighted by atomic mass is 15.3. The molecular weight excluding hydrogens is 248 g/mol. The molecule has 0 N–H and O–H groups in total. The highest BCUT2D eigenvalue weighted by molar-refractivity contribution is 5.92. The maximum absolute atomic E-state index is 4.58. The summed E-state index contributed by atoms with van der Waals surface area (Å²) in [5, 5.41) is 9.52. The lowest BCUT2D eigenvalue weighted by atomic mass is 10.1. The molecule has 0 saturated carbocycles. The summed E-state index contributed by atoms with van der Waals surface area (Å²) >= 11 is 0. The summed E-state index contributed by atoms with van der Waals surface area (Å²) in [5.41, 5.74) is 3.10. The number of hydrogen-bond acceptors (Lipinski definition) is 3. The van der Waals surface area contributed by atoms with Crippen LogP contribution < -0.4 is 0 Å². The predicted octanol–water partition coefficient (Wildman–Crippen LogP) is 3.46. The van der Waals surface area contributed by atoms with Crippen molar-refractivity contribution in [2.24, 2.45) is 5.92 Å². The molecular formula is C16H18N4. The van der Waals surface area contributed by atoms with E-state index in [1.807, 2.05) is 25.1 Å². The molecule has 0 fully saturated rings. The van der Waals surface area contributed by atoms with Crippen molar-refractivity contribution in [2.45, 2.75) is 27.3 Å². The van der Waals surface area contributed by atoms with E-state index >= 15 is 0 Å². The van der Waals surface area contributed by atoms with Gasteiger partial charge in [-0.2, -0.15) is 0 Å². The highest BCUT2D eigenvalue weighted by Gasteiger charge is 2.13. The summed E-state index contributed by atoms with van der Waals surface area (Å²) in [6, 6.07) is 10.3. The van der Waals surface area contributed by atoms with Gasteiger partial charge < -0.3 is 4.57 Å². The monoisotopic (exact) mass is 266 g/mol. The number of aryl methyl sites for hydroxylation is 1. The van der Waals surface area contributed by atoms with Gasteiger partial charge in [-0.25, -0.2) is 0 Å². The average molecular weight is 266 g/mol. The molecule has 0 saturated heterocycles. The van der Waals surface area contributed by atoms with Crippen molar-refractivity contribution < 1.29 is 0 Å². The Balaban J connectivity index is 2.22. The first-order chi connectivity index (χ1) is 9.65. The van der Waals surface area contributed by atoms with Crippen molar-refractivity contribution >= 4 is 10.9 Å². The van der Waals surface area contributed by atoms with Gasteiger partial charge in [-0.05, 0) is 25.0 Å². The summed E-state index contributed by atoms with van der Waals surface area (Å²) in [7, 11) is 0. The van der Waals surface area contributed by atoms with Gasteiger partial charge in [0.15, 0.2) is 5.82 Å². The first-order valence-electron chi connectivity index (χ1n) is 6.89. The van der Waals surface area contributed by atoms with Crippen LogP contribution in [-0.4, -0.2) is 19.7 Å². The van der Waals surface area contributed by atoms with Crippen molar-refractivity contribution in [3.8, 4) is 11.4 Å². The van der Waals surface area contributed by atoms with E-state index in [0.717, 1.165) is 34.5 Å². The third-order valence-electron chi connectivity index (χ3n) is 3.26. The number of fused-ring (bicyclic) bond motifs is 1. The molecule has 0 bridgehead atoms. The number of aromatic nitrogens is 4. The molecule has 3 rings (SSSR count). The van der Waals surface area contributed by atoms with Gasteiger partial charge in [-0.1, -0.05) is 32.0 Å². The summed E-state index contributed by atoms with van der Waals surface area (Å²) in [4.78, 5) is 4.58. The SMILES string of the molecule is Cc1cc(-c2nncn2CC(C)C)c2ccccc2n1. The summed E-state index contributed by atoms with van der Waals surface area (Å²) in [6.07, 6.45) is 1.81. The van der Waals surface area contributed by atoms with E-state index in [-0.39, 0.29) is 0 Å². The van der Waals surface area contributed by atoms with Crippen LogP contribution in [0.2, 0.25) is 0 Å². The minimum Gasteiger partial charge on any atom is -0.313 e. The lowest BCUT2D eigenvalue weighted by molar-refractivity contribution is 0.525. The number of para-hydroxylation sites is 1. The van der Waals surface area contributed by atoms with Crippen LogP contribution in [0, 0.1) is 12.8 Å². The summed E-state index contributed by atoms with van der Waals surface area (Å²) < 4.78 is 2.12. The Labute approximate surface area is 118 Å². The van der Waals surface area contributed by atoms with Crippen LogP contribution in [0.5, 0.6) is 0 Å². The molecule has 4 nitrogen and oxygen atoms in total. The Kier molecular flexibility index (Phi) is 3.22. The molecule has 0 amide bonds. The van der Waals surface area contributed by atoms with E-state index in [1.165, 1.54) is 0 Å². The fourth-order valence-corrected chi connectivity index (χ4v) is 2.48. The number of benzene rings is 1. The van der Waals surface area contributed by atoms with Crippen LogP contribution in [0.25, 0.3) is 22.3 Å².